The molecule has 9 heavy (non-hydrogen) atoms. The van der Waals surface area contributed by atoms with Crippen molar-refractivity contribution in [1.29, 1.82) is 0 Å². The summed E-state index contributed by atoms with van der Waals surface area (Å²) in [7, 11) is 2.20. The van der Waals surface area contributed by atoms with Gasteiger partial charge in [-0.15, -0.1) is 6.58 Å². The average molecular weight is 123 g/mol. The van der Waals surface area contributed by atoms with Crippen LogP contribution in [-0.2, 0) is 0 Å². The van der Waals surface area contributed by atoms with E-state index in [1.807, 2.05) is 0 Å². The molecule has 1 heteroatoms. The standard InChI is InChI=1S/C8H13N/c1-3-6-7-4-9(2)5-8(6)7/h3,6-8H,1,4-5H2,2H3/t6?,7-,8+. The summed E-state index contributed by atoms with van der Waals surface area (Å²) in [4.78, 5) is 2.41. The highest BCUT2D eigenvalue weighted by Crippen LogP contribution is 2.51. The maximum atomic E-state index is 3.81. The Morgan fingerprint density at radius 3 is 2.44 bits per heavy atom. The van der Waals surface area contributed by atoms with Gasteiger partial charge in [0.05, 0.1) is 0 Å². The quantitative estimate of drug-likeness (QED) is 0.470. The van der Waals surface area contributed by atoms with Crippen molar-refractivity contribution >= 4 is 0 Å². The molecule has 1 unspecified atom stereocenters. The molecule has 1 aliphatic heterocycles. The van der Waals surface area contributed by atoms with E-state index in [2.05, 4.69) is 24.6 Å². The summed E-state index contributed by atoms with van der Waals surface area (Å²) in [6, 6.07) is 0. The second-order valence-corrected chi connectivity index (χ2v) is 3.36. The number of piperidine rings is 1. The van der Waals surface area contributed by atoms with E-state index in [4.69, 9.17) is 0 Å². The van der Waals surface area contributed by atoms with Crippen molar-refractivity contribution in [2.45, 2.75) is 0 Å². The fourth-order valence-electron chi connectivity index (χ4n) is 2.13. The Labute approximate surface area is 56.4 Å². The molecule has 0 aromatic heterocycles. The second kappa shape index (κ2) is 1.60. The van der Waals surface area contributed by atoms with Crippen LogP contribution in [-0.4, -0.2) is 25.0 Å². The Morgan fingerprint density at radius 2 is 2.00 bits per heavy atom. The van der Waals surface area contributed by atoms with Crippen LogP contribution in [0, 0.1) is 17.8 Å². The normalized spacial score (nSPS) is 48.8. The molecule has 0 amide bonds. The van der Waals surface area contributed by atoms with E-state index in [0.717, 1.165) is 17.8 Å². The van der Waals surface area contributed by atoms with Gasteiger partial charge in [0.1, 0.15) is 0 Å². The smallest absolute Gasteiger partial charge is 0.00158 e. The van der Waals surface area contributed by atoms with E-state index in [1.54, 1.807) is 0 Å². The summed E-state index contributed by atoms with van der Waals surface area (Å²) in [6.45, 7) is 6.43. The highest BCUT2D eigenvalue weighted by Gasteiger charge is 2.52. The fourth-order valence-corrected chi connectivity index (χ4v) is 2.13. The fraction of sp³-hybridized carbons (Fsp3) is 0.750. The molecule has 50 valence electrons. The van der Waals surface area contributed by atoms with Crippen molar-refractivity contribution in [3.05, 3.63) is 12.7 Å². The van der Waals surface area contributed by atoms with Crippen LogP contribution in [0.1, 0.15) is 0 Å². The van der Waals surface area contributed by atoms with Crippen LogP contribution < -0.4 is 0 Å². The topological polar surface area (TPSA) is 3.24 Å². The highest BCUT2D eigenvalue weighted by molar-refractivity contribution is 5.11. The van der Waals surface area contributed by atoms with Crippen LogP contribution in [0.4, 0.5) is 0 Å². The van der Waals surface area contributed by atoms with Crippen molar-refractivity contribution < 1.29 is 0 Å². The van der Waals surface area contributed by atoms with Gasteiger partial charge < -0.3 is 4.90 Å². The Morgan fingerprint density at radius 1 is 1.44 bits per heavy atom. The summed E-state index contributed by atoms with van der Waals surface area (Å²) in [5, 5.41) is 0. The van der Waals surface area contributed by atoms with Crippen molar-refractivity contribution in [1.82, 2.24) is 4.90 Å². The Bertz CT molecular complexity index is 130. The van der Waals surface area contributed by atoms with Crippen molar-refractivity contribution in [3.8, 4) is 0 Å². The first kappa shape index (κ1) is 5.48. The predicted molar refractivity (Wildman–Crippen MR) is 38.2 cm³/mol. The first-order valence-electron chi connectivity index (χ1n) is 3.64. The molecule has 2 aliphatic rings. The van der Waals surface area contributed by atoms with Gasteiger partial charge in [0, 0.05) is 13.1 Å². The lowest BCUT2D eigenvalue weighted by Crippen LogP contribution is -2.18. The number of nitrogens with zero attached hydrogens (tertiary/aromatic N) is 1. The molecule has 1 aliphatic carbocycles. The molecule has 0 aromatic carbocycles. The second-order valence-electron chi connectivity index (χ2n) is 3.36. The molecule has 0 bridgehead atoms. The number of rotatable bonds is 1. The zero-order valence-electron chi connectivity index (χ0n) is 5.88. The summed E-state index contributed by atoms with van der Waals surface area (Å²) < 4.78 is 0. The number of hydrogen-bond donors (Lipinski definition) is 0. The van der Waals surface area contributed by atoms with Crippen LogP contribution >= 0.6 is 0 Å². The minimum absolute atomic E-state index is 0.876. The Balaban J connectivity index is 1.98. The maximum absolute atomic E-state index is 3.81. The first-order chi connectivity index (χ1) is 4.33. The van der Waals surface area contributed by atoms with Crippen molar-refractivity contribution in [3.63, 3.8) is 0 Å². The van der Waals surface area contributed by atoms with Gasteiger partial charge in [-0.05, 0) is 24.8 Å². The molecule has 3 atom stereocenters. The third-order valence-corrected chi connectivity index (χ3v) is 2.71. The summed E-state index contributed by atoms with van der Waals surface area (Å²) in [5.41, 5.74) is 0. The van der Waals surface area contributed by atoms with Crippen LogP contribution in [0.25, 0.3) is 0 Å². The lowest BCUT2D eigenvalue weighted by atomic mass is 10.3. The third-order valence-electron chi connectivity index (χ3n) is 2.71. The monoisotopic (exact) mass is 123 g/mol. The van der Waals surface area contributed by atoms with Gasteiger partial charge >= 0.3 is 0 Å². The summed E-state index contributed by atoms with van der Waals surface area (Å²) in [6.07, 6.45) is 2.13. The van der Waals surface area contributed by atoms with Gasteiger partial charge in [-0.25, -0.2) is 0 Å². The molecule has 1 nitrogen and oxygen atoms in total. The number of fused-ring (bicyclic) bond motifs is 1. The SMILES string of the molecule is C=CC1[C@H]2CN(C)C[C@@H]12. The highest BCUT2D eigenvalue weighted by atomic mass is 15.2. The van der Waals surface area contributed by atoms with Gasteiger partial charge in [-0.1, -0.05) is 6.08 Å². The molecule has 0 radical (unpaired) electrons. The molecule has 1 saturated carbocycles. The minimum Gasteiger partial charge on any atom is -0.306 e. The van der Waals surface area contributed by atoms with Crippen molar-refractivity contribution in [2.75, 3.05) is 20.1 Å². The summed E-state index contributed by atoms with van der Waals surface area (Å²) in [5.74, 6) is 2.83. The molecule has 0 N–H and O–H groups in total. The van der Waals surface area contributed by atoms with Gasteiger partial charge in [0.2, 0.25) is 0 Å². The zero-order valence-corrected chi connectivity index (χ0v) is 5.88. The van der Waals surface area contributed by atoms with Crippen LogP contribution in [0.2, 0.25) is 0 Å². The molecule has 2 rings (SSSR count). The van der Waals surface area contributed by atoms with Gasteiger partial charge in [0.25, 0.3) is 0 Å². The average Bonchev–Trinajstić information content (AvgIpc) is 2.30. The van der Waals surface area contributed by atoms with Gasteiger partial charge in [-0.2, -0.15) is 0 Å². The number of hydrogen-bond acceptors (Lipinski definition) is 1. The first-order valence-corrected chi connectivity index (χ1v) is 3.64. The van der Waals surface area contributed by atoms with Crippen LogP contribution in [0.3, 0.4) is 0 Å². The van der Waals surface area contributed by atoms with E-state index in [0.29, 0.717) is 0 Å². The maximum Gasteiger partial charge on any atom is 0.00158 e. The Hall–Kier alpha value is -0.300. The summed E-state index contributed by atoms with van der Waals surface area (Å²) >= 11 is 0. The van der Waals surface area contributed by atoms with E-state index in [1.165, 1.54) is 13.1 Å². The number of allylic oxidation sites excluding steroid dienone is 1. The lowest BCUT2D eigenvalue weighted by molar-refractivity contribution is 0.358. The van der Waals surface area contributed by atoms with Crippen LogP contribution in [0.15, 0.2) is 12.7 Å². The van der Waals surface area contributed by atoms with E-state index >= 15 is 0 Å². The number of likely N-dealkylation sites (tertiary alicyclic amines) is 1. The molecular formula is C8H13N. The van der Waals surface area contributed by atoms with Gasteiger partial charge in [0.15, 0.2) is 0 Å². The zero-order chi connectivity index (χ0) is 6.43. The molecule has 0 aromatic rings. The molecule has 2 fully saturated rings. The molecule has 0 spiro atoms. The van der Waals surface area contributed by atoms with E-state index < -0.39 is 0 Å². The largest absolute Gasteiger partial charge is 0.306 e. The lowest BCUT2D eigenvalue weighted by Gasteiger charge is -2.09. The van der Waals surface area contributed by atoms with Crippen LogP contribution in [0.5, 0.6) is 0 Å². The molecule has 1 heterocycles. The van der Waals surface area contributed by atoms with E-state index in [9.17, 15) is 0 Å². The van der Waals surface area contributed by atoms with Crippen molar-refractivity contribution in [2.24, 2.45) is 17.8 Å². The molecule has 1 saturated heterocycles. The van der Waals surface area contributed by atoms with E-state index in [-0.39, 0.29) is 0 Å². The predicted octanol–water partition coefficient (Wildman–Crippen LogP) is 0.980. The Kier molecular flexibility index (Phi) is 0.974. The van der Waals surface area contributed by atoms with Gasteiger partial charge in [-0.3, -0.25) is 0 Å². The minimum atomic E-state index is 0.876. The molecular weight excluding hydrogens is 110 g/mol. The third kappa shape index (κ3) is 0.645.